The molecule has 1 saturated heterocycles. The molecule has 0 aliphatic carbocycles. The molecule has 2 aliphatic rings. The van der Waals surface area contributed by atoms with Crippen LogP contribution in [0.5, 0.6) is 0 Å². The molecule has 3 heterocycles. The van der Waals surface area contributed by atoms with Gasteiger partial charge in [-0.05, 0) is 51.1 Å². The number of methoxy groups -OCH3 is 1. The van der Waals surface area contributed by atoms with Crippen molar-refractivity contribution in [1.29, 1.82) is 0 Å². The highest BCUT2D eigenvalue weighted by Crippen LogP contribution is 2.39. The average Bonchev–Trinajstić information content (AvgIpc) is 2.96. The number of anilines is 2. The molecule has 0 bridgehead atoms. The van der Waals surface area contributed by atoms with Crippen molar-refractivity contribution in [1.82, 2.24) is 9.80 Å². The number of piperazine rings is 1. The number of aryl methyl sites for hydroxylation is 1. The highest BCUT2D eigenvalue weighted by atomic mass is 32.1. The molecule has 2 aromatic rings. The minimum absolute atomic E-state index is 0.252. The van der Waals surface area contributed by atoms with Crippen LogP contribution in [-0.4, -0.2) is 62.1 Å². The number of halogens is 1. The zero-order chi connectivity index (χ0) is 19.7. The van der Waals surface area contributed by atoms with Gasteiger partial charge >= 0.3 is 0 Å². The molecule has 150 valence electrons. The van der Waals surface area contributed by atoms with E-state index < -0.39 is 0 Å². The second kappa shape index (κ2) is 8.19. The summed E-state index contributed by atoms with van der Waals surface area (Å²) < 4.78 is 19.0. The predicted octanol–water partition coefficient (Wildman–Crippen LogP) is 4.37. The summed E-state index contributed by atoms with van der Waals surface area (Å²) in [4.78, 5) is 11.0. The summed E-state index contributed by atoms with van der Waals surface area (Å²) in [5.74, 6) is 0.736. The van der Waals surface area contributed by atoms with Crippen LogP contribution < -0.4 is 5.32 Å². The van der Waals surface area contributed by atoms with Crippen molar-refractivity contribution in [3.05, 3.63) is 40.5 Å². The van der Waals surface area contributed by atoms with Gasteiger partial charge in [0.05, 0.1) is 16.9 Å². The normalized spacial score (nSPS) is 19.5. The van der Waals surface area contributed by atoms with Crippen molar-refractivity contribution < 1.29 is 9.13 Å². The van der Waals surface area contributed by atoms with Crippen LogP contribution in [0.1, 0.15) is 23.3 Å². The highest BCUT2D eigenvalue weighted by molar-refractivity contribution is 7.16. The number of nitrogens with one attached hydrogen (secondary N) is 1. The molecule has 2 aliphatic heterocycles. The number of amidine groups is 1. The third-order valence-electron chi connectivity index (χ3n) is 5.49. The Morgan fingerprint density at radius 2 is 2.18 bits per heavy atom. The molecule has 1 fully saturated rings. The molecule has 1 atom stereocenters. The van der Waals surface area contributed by atoms with Crippen molar-refractivity contribution in [2.24, 2.45) is 4.99 Å². The van der Waals surface area contributed by atoms with Crippen LogP contribution in [0.15, 0.2) is 29.3 Å². The summed E-state index contributed by atoms with van der Waals surface area (Å²) in [5.41, 5.74) is 2.62. The molecule has 1 aromatic carbocycles. The molecule has 0 unspecified atom stereocenters. The van der Waals surface area contributed by atoms with Crippen LogP contribution in [0.3, 0.4) is 0 Å². The van der Waals surface area contributed by atoms with Crippen LogP contribution in [0, 0.1) is 12.7 Å². The van der Waals surface area contributed by atoms with E-state index in [4.69, 9.17) is 9.73 Å². The predicted molar refractivity (Wildman–Crippen MR) is 114 cm³/mol. The van der Waals surface area contributed by atoms with Crippen molar-refractivity contribution in [3.8, 4) is 0 Å². The number of rotatable bonds is 4. The number of thiophene rings is 1. The molecule has 7 heteroatoms. The van der Waals surface area contributed by atoms with Gasteiger partial charge in [-0.1, -0.05) is 0 Å². The van der Waals surface area contributed by atoms with Crippen LogP contribution >= 0.6 is 11.3 Å². The van der Waals surface area contributed by atoms with Gasteiger partial charge in [-0.2, -0.15) is 0 Å². The van der Waals surface area contributed by atoms with Gasteiger partial charge in [0.1, 0.15) is 16.7 Å². The smallest absolute Gasteiger partial charge is 0.139 e. The molecule has 0 saturated carbocycles. The molecular formula is C21H27FN4OS. The van der Waals surface area contributed by atoms with Gasteiger partial charge in [0, 0.05) is 44.3 Å². The highest BCUT2D eigenvalue weighted by Gasteiger charge is 2.29. The summed E-state index contributed by atoms with van der Waals surface area (Å²) >= 11 is 1.69. The molecule has 1 N–H and O–H groups in total. The fourth-order valence-corrected chi connectivity index (χ4v) is 4.85. The number of ether oxygens (including phenoxy) is 1. The van der Waals surface area contributed by atoms with E-state index in [-0.39, 0.29) is 5.82 Å². The van der Waals surface area contributed by atoms with Crippen molar-refractivity contribution in [3.63, 3.8) is 0 Å². The fourth-order valence-electron chi connectivity index (χ4n) is 3.93. The van der Waals surface area contributed by atoms with E-state index in [0.29, 0.717) is 6.04 Å². The van der Waals surface area contributed by atoms with Crippen molar-refractivity contribution in [2.45, 2.75) is 25.8 Å². The number of benzene rings is 1. The Balaban J connectivity index is 1.67. The zero-order valence-corrected chi connectivity index (χ0v) is 17.5. The van der Waals surface area contributed by atoms with Crippen LogP contribution in [0.25, 0.3) is 0 Å². The topological polar surface area (TPSA) is 40.1 Å². The standard InChI is InChI=1S/C21H27FN4OS/c1-14-11-17-20(26-9-8-25(2)16(13-26)5-4-10-27-3)23-18-7-6-15(22)12-19(18)24-21(17)28-14/h6-7,11-12,16,24H,4-5,8-10,13H2,1-3H3/t16-/m0/s1. The monoisotopic (exact) mass is 402 g/mol. The largest absolute Gasteiger partial charge is 0.385 e. The first kappa shape index (κ1) is 19.4. The number of nitrogens with zero attached hydrogens (tertiary/aromatic N) is 3. The quantitative estimate of drug-likeness (QED) is 0.771. The van der Waals surface area contributed by atoms with Gasteiger partial charge in [-0.3, -0.25) is 4.90 Å². The van der Waals surface area contributed by atoms with Gasteiger partial charge in [0.2, 0.25) is 0 Å². The van der Waals surface area contributed by atoms with Gasteiger partial charge in [-0.15, -0.1) is 11.3 Å². The lowest BCUT2D eigenvalue weighted by atomic mass is 10.1. The molecule has 4 rings (SSSR count). The zero-order valence-electron chi connectivity index (χ0n) is 16.7. The molecular weight excluding hydrogens is 375 g/mol. The second-order valence-electron chi connectivity index (χ2n) is 7.54. The fraction of sp³-hybridized carbons (Fsp3) is 0.476. The summed E-state index contributed by atoms with van der Waals surface area (Å²) in [6.45, 7) is 5.76. The van der Waals surface area contributed by atoms with Gasteiger partial charge in [0.25, 0.3) is 0 Å². The van der Waals surface area contributed by atoms with Gasteiger partial charge in [-0.25, -0.2) is 9.38 Å². The maximum absolute atomic E-state index is 13.8. The minimum atomic E-state index is -0.252. The Hall–Kier alpha value is -1.96. The first-order chi connectivity index (χ1) is 13.5. The van der Waals surface area contributed by atoms with Gasteiger partial charge in [0.15, 0.2) is 0 Å². The van der Waals surface area contributed by atoms with Crippen molar-refractivity contribution in [2.75, 3.05) is 45.7 Å². The Labute approximate surface area is 169 Å². The third kappa shape index (κ3) is 3.92. The van der Waals surface area contributed by atoms with E-state index in [1.54, 1.807) is 24.5 Å². The van der Waals surface area contributed by atoms with E-state index in [0.717, 1.165) is 66.9 Å². The molecule has 28 heavy (non-hydrogen) atoms. The minimum Gasteiger partial charge on any atom is -0.385 e. The lowest BCUT2D eigenvalue weighted by Crippen LogP contribution is -2.53. The summed E-state index contributed by atoms with van der Waals surface area (Å²) in [6.07, 6.45) is 2.15. The Morgan fingerprint density at radius 3 is 3.00 bits per heavy atom. The number of hydrogen-bond donors (Lipinski definition) is 1. The first-order valence-corrected chi connectivity index (χ1v) is 10.6. The lowest BCUT2D eigenvalue weighted by Gasteiger charge is -2.41. The Kier molecular flexibility index (Phi) is 5.66. The SMILES string of the molecule is COCCC[C@H]1CN(C2=Nc3ccc(F)cc3Nc3sc(C)cc32)CCN1C. The van der Waals surface area contributed by atoms with Crippen LogP contribution in [0.2, 0.25) is 0 Å². The molecule has 0 radical (unpaired) electrons. The maximum Gasteiger partial charge on any atom is 0.139 e. The number of likely N-dealkylation sites (N-methyl/N-ethyl adjacent to an activating group) is 1. The van der Waals surface area contributed by atoms with Crippen LogP contribution in [0.4, 0.5) is 20.8 Å². The van der Waals surface area contributed by atoms with Gasteiger partial charge < -0.3 is 15.0 Å². The maximum atomic E-state index is 13.8. The third-order valence-corrected chi connectivity index (χ3v) is 6.46. The van der Waals surface area contributed by atoms with E-state index in [9.17, 15) is 4.39 Å². The molecule has 0 amide bonds. The number of fused-ring (bicyclic) bond motifs is 2. The second-order valence-corrected chi connectivity index (χ2v) is 8.79. The Bertz CT molecular complexity index is 881. The van der Waals surface area contributed by atoms with E-state index >= 15 is 0 Å². The summed E-state index contributed by atoms with van der Waals surface area (Å²) in [6, 6.07) is 7.42. The summed E-state index contributed by atoms with van der Waals surface area (Å²) in [5, 5.41) is 4.44. The summed E-state index contributed by atoms with van der Waals surface area (Å²) in [7, 11) is 3.95. The number of hydrogen-bond acceptors (Lipinski definition) is 6. The first-order valence-electron chi connectivity index (χ1n) is 9.75. The van der Waals surface area contributed by atoms with Crippen LogP contribution in [-0.2, 0) is 4.74 Å². The van der Waals surface area contributed by atoms with E-state index in [2.05, 4.69) is 35.2 Å². The van der Waals surface area contributed by atoms with E-state index in [1.165, 1.54) is 17.0 Å². The molecule has 1 aromatic heterocycles. The average molecular weight is 403 g/mol. The molecule has 0 spiro atoms. The van der Waals surface area contributed by atoms with Crippen molar-refractivity contribution >= 4 is 33.5 Å². The van der Waals surface area contributed by atoms with E-state index in [1.807, 2.05) is 0 Å². The number of aliphatic imine (C=N–C) groups is 1. The lowest BCUT2D eigenvalue weighted by molar-refractivity contribution is 0.119. The molecule has 5 nitrogen and oxygen atoms in total. The Morgan fingerprint density at radius 1 is 1.32 bits per heavy atom.